The van der Waals surface area contributed by atoms with Gasteiger partial charge in [0.05, 0.1) is 6.54 Å². The fourth-order valence-corrected chi connectivity index (χ4v) is 3.53. The molecule has 0 aliphatic rings. The fraction of sp³-hybridized carbons (Fsp3) is 0.308. The van der Waals surface area contributed by atoms with Crippen molar-refractivity contribution in [3.63, 3.8) is 0 Å². The Labute approximate surface area is 170 Å². The first-order chi connectivity index (χ1) is 13.0. The van der Waals surface area contributed by atoms with Crippen LogP contribution < -0.4 is 4.57 Å². The Balaban J connectivity index is 0.000000290. The molecule has 1 aromatic heterocycles. The number of halogens is 7. The van der Waals surface area contributed by atoms with Crippen LogP contribution in [0.4, 0.5) is 26.3 Å². The lowest BCUT2D eigenvalue weighted by molar-refractivity contribution is -0.692. The maximum Gasteiger partial charge on any atom is 0.480 e. The molecule has 0 aliphatic heterocycles. The van der Waals surface area contributed by atoms with Crippen molar-refractivity contribution in [3.8, 4) is 5.69 Å². The minimum atomic E-state index is -6.72. The molecule has 0 N–H and O–H groups in total. The predicted molar refractivity (Wildman–Crippen MR) is 92.6 cm³/mol. The van der Waals surface area contributed by atoms with Crippen molar-refractivity contribution >= 4 is 36.0 Å². The summed E-state index contributed by atoms with van der Waals surface area (Å²) in [5.74, 6) is 0. The second kappa shape index (κ2) is 9.01. The molecule has 29 heavy (non-hydrogen) atoms. The smallest absolute Gasteiger partial charge is 0.421 e. The Morgan fingerprint density at radius 2 is 1.41 bits per heavy atom. The van der Waals surface area contributed by atoms with Gasteiger partial charge in [-0.25, -0.2) is 26.0 Å². The van der Waals surface area contributed by atoms with E-state index in [1.54, 1.807) is 0 Å². The van der Waals surface area contributed by atoms with Crippen LogP contribution in [0.15, 0.2) is 47.5 Å². The number of benzene rings is 1. The number of alkyl halides is 6. The summed E-state index contributed by atoms with van der Waals surface area (Å²) in [5.41, 5.74) is -11.2. The topological polar surface area (TPSA) is 91.2 Å². The molecule has 0 unspecified atom stereocenters. The zero-order valence-electron chi connectivity index (χ0n) is 14.2. The summed E-state index contributed by atoms with van der Waals surface area (Å²) in [5, 5.41) is 0. The number of aryl methyl sites for hydroxylation is 1. The van der Waals surface area contributed by atoms with Crippen LogP contribution in [0.25, 0.3) is 9.81 Å². The van der Waals surface area contributed by atoms with Crippen LogP contribution in [0.5, 0.6) is 0 Å². The van der Waals surface area contributed by atoms with E-state index in [2.05, 4.69) is 62.8 Å². The third-order valence-electron chi connectivity index (χ3n) is 2.96. The molecule has 16 heteroatoms. The van der Waals surface area contributed by atoms with Crippen molar-refractivity contribution in [2.75, 3.05) is 0 Å². The Hall–Kier alpha value is -1.65. The first kappa shape index (κ1) is 25.4. The standard InChI is InChI=1S/C11H12BrN2.C2F6NO4S2/c1-2-13-7-8-14(9-13)11-5-3-10(12)4-6-11;3-1(4,5)14(10,11)9-15(12,13)2(6,7)8/h3-9H,2H2,1H3;/q+1;-1. The minimum Gasteiger partial charge on any atom is -0.421 e. The van der Waals surface area contributed by atoms with Crippen molar-refractivity contribution in [1.29, 1.82) is 0 Å². The van der Waals surface area contributed by atoms with E-state index in [0.717, 1.165) is 15.1 Å². The van der Waals surface area contributed by atoms with E-state index >= 15 is 0 Å². The normalized spacial score (nSPS) is 13.0. The minimum absolute atomic E-state index is 0.778. The summed E-state index contributed by atoms with van der Waals surface area (Å²) in [6, 6.07) is 8.27. The van der Waals surface area contributed by atoms with Gasteiger partial charge >= 0.3 is 11.0 Å². The molecule has 0 bridgehead atoms. The van der Waals surface area contributed by atoms with E-state index in [4.69, 9.17) is 0 Å². The molecule has 0 amide bonds. The number of aromatic nitrogens is 2. The van der Waals surface area contributed by atoms with E-state index in [9.17, 15) is 43.2 Å². The molecule has 1 heterocycles. The highest BCUT2D eigenvalue weighted by Crippen LogP contribution is 2.36. The monoisotopic (exact) mass is 531 g/mol. The highest BCUT2D eigenvalue weighted by molar-refractivity contribution is 9.10. The van der Waals surface area contributed by atoms with Crippen LogP contribution in [0, 0.1) is 0 Å². The lowest BCUT2D eigenvalue weighted by Gasteiger charge is -2.22. The first-order valence-corrected chi connectivity index (χ1v) is 10.9. The van der Waals surface area contributed by atoms with Gasteiger partial charge in [0.2, 0.25) is 6.33 Å². The maximum atomic E-state index is 11.4. The highest BCUT2D eigenvalue weighted by atomic mass is 79.9. The van der Waals surface area contributed by atoms with Gasteiger partial charge in [0, 0.05) is 4.47 Å². The van der Waals surface area contributed by atoms with Gasteiger partial charge in [0.15, 0.2) is 20.0 Å². The highest BCUT2D eigenvalue weighted by Gasteiger charge is 2.46. The predicted octanol–water partition coefficient (Wildman–Crippen LogP) is 3.61. The molecule has 0 saturated carbocycles. The second-order valence-corrected chi connectivity index (χ2v) is 9.38. The van der Waals surface area contributed by atoms with Gasteiger partial charge in [-0.2, -0.15) is 26.3 Å². The third-order valence-corrected chi connectivity index (χ3v) is 6.23. The molecule has 164 valence electrons. The van der Waals surface area contributed by atoms with E-state index in [1.807, 2.05) is 12.1 Å². The quantitative estimate of drug-likeness (QED) is 0.445. The van der Waals surface area contributed by atoms with Crippen LogP contribution in [0.3, 0.4) is 0 Å². The number of imidazole rings is 1. The average molecular weight is 532 g/mol. The molecule has 2 rings (SSSR count). The molecular weight excluding hydrogens is 520 g/mol. The molecule has 0 radical (unpaired) electrons. The van der Waals surface area contributed by atoms with Crippen LogP contribution >= 0.6 is 15.9 Å². The molecule has 7 nitrogen and oxygen atoms in total. The Kier molecular flexibility index (Phi) is 7.89. The van der Waals surface area contributed by atoms with Crippen molar-refractivity contribution < 1.29 is 47.7 Å². The summed E-state index contributed by atoms with van der Waals surface area (Å²) in [4.78, 5) is 0. The van der Waals surface area contributed by atoms with Crippen molar-refractivity contribution in [2.24, 2.45) is 0 Å². The number of nitrogens with zero attached hydrogens (tertiary/aromatic N) is 3. The SMILES string of the molecule is CC[n+]1ccn(-c2ccc(Br)cc2)c1.O=S(=O)([N-]S(=O)(=O)C(F)(F)F)C(F)(F)F. The van der Waals surface area contributed by atoms with E-state index in [-0.39, 0.29) is 0 Å². The Bertz CT molecular complexity index is 990. The fourth-order valence-electron chi connectivity index (χ4n) is 1.56. The Morgan fingerprint density at radius 3 is 1.76 bits per heavy atom. The molecule has 0 saturated heterocycles. The van der Waals surface area contributed by atoms with Gasteiger partial charge in [-0.1, -0.05) is 15.9 Å². The van der Waals surface area contributed by atoms with Crippen LogP contribution in [0.1, 0.15) is 6.92 Å². The molecule has 0 fully saturated rings. The summed E-state index contributed by atoms with van der Waals surface area (Å²) in [7, 11) is -13.4. The summed E-state index contributed by atoms with van der Waals surface area (Å²) < 4.78 is 115. The first-order valence-electron chi connectivity index (χ1n) is 7.20. The molecule has 0 atom stereocenters. The van der Waals surface area contributed by atoms with E-state index < -0.39 is 31.1 Å². The van der Waals surface area contributed by atoms with Crippen LogP contribution in [-0.2, 0) is 26.6 Å². The summed E-state index contributed by atoms with van der Waals surface area (Å²) in [6.45, 7) is 3.13. The van der Waals surface area contributed by atoms with E-state index in [1.165, 1.54) is 5.69 Å². The van der Waals surface area contributed by atoms with Crippen molar-refractivity contribution in [2.45, 2.75) is 24.5 Å². The van der Waals surface area contributed by atoms with Gasteiger partial charge in [-0.3, -0.25) is 0 Å². The molecule has 0 aliphatic carbocycles. The largest absolute Gasteiger partial charge is 0.480 e. The maximum absolute atomic E-state index is 11.4. The number of sulfonamides is 2. The summed E-state index contributed by atoms with van der Waals surface area (Å²) in [6.07, 6.45) is 6.22. The van der Waals surface area contributed by atoms with Gasteiger partial charge in [0.1, 0.15) is 18.1 Å². The second-order valence-electron chi connectivity index (χ2n) is 5.04. The summed E-state index contributed by atoms with van der Waals surface area (Å²) >= 11 is 3.42. The van der Waals surface area contributed by atoms with Gasteiger partial charge in [-0.05, 0) is 31.2 Å². The van der Waals surface area contributed by atoms with E-state index in [0.29, 0.717) is 0 Å². The zero-order valence-corrected chi connectivity index (χ0v) is 17.4. The lowest BCUT2D eigenvalue weighted by Crippen LogP contribution is -2.30. The van der Waals surface area contributed by atoms with Gasteiger partial charge < -0.3 is 4.13 Å². The van der Waals surface area contributed by atoms with Crippen molar-refractivity contribution in [1.82, 2.24) is 4.57 Å². The molecule has 0 spiro atoms. The molecule has 2 aromatic rings. The Morgan fingerprint density at radius 1 is 0.966 bits per heavy atom. The van der Waals surface area contributed by atoms with Crippen LogP contribution in [0.2, 0.25) is 0 Å². The van der Waals surface area contributed by atoms with Crippen molar-refractivity contribution in [3.05, 3.63) is 51.6 Å². The molecule has 1 aromatic carbocycles. The number of hydrogen-bond donors (Lipinski definition) is 0. The van der Waals surface area contributed by atoms with Crippen LogP contribution in [-0.4, -0.2) is 32.4 Å². The molecular formula is C13H12BrF6N3O4S2. The zero-order chi connectivity index (χ0) is 22.7. The lowest BCUT2D eigenvalue weighted by atomic mass is 10.3. The number of rotatable bonds is 4. The number of hydrogen-bond acceptors (Lipinski definition) is 4. The van der Waals surface area contributed by atoms with Gasteiger partial charge in [-0.15, -0.1) is 0 Å². The third kappa shape index (κ3) is 6.97. The van der Waals surface area contributed by atoms with Gasteiger partial charge in [0.25, 0.3) is 0 Å². The average Bonchev–Trinajstić information content (AvgIpc) is 3.02.